The highest BCUT2D eigenvalue weighted by atomic mass is 16.5. The van der Waals surface area contributed by atoms with Gasteiger partial charge in [-0.05, 0) is 35.2 Å². The first-order chi connectivity index (χ1) is 12.7. The van der Waals surface area contributed by atoms with Crippen LogP contribution in [0.2, 0.25) is 0 Å². The summed E-state index contributed by atoms with van der Waals surface area (Å²) in [7, 11) is 4.88. The van der Waals surface area contributed by atoms with Gasteiger partial charge in [-0.15, -0.1) is 0 Å². The zero-order valence-corrected chi connectivity index (χ0v) is 15.5. The van der Waals surface area contributed by atoms with E-state index in [1.807, 2.05) is 42.5 Å². The highest BCUT2D eigenvalue weighted by Crippen LogP contribution is 2.27. The summed E-state index contributed by atoms with van der Waals surface area (Å²) in [5.41, 5.74) is 3.21. The Morgan fingerprint density at radius 1 is 0.846 bits per heavy atom. The van der Waals surface area contributed by atoms with Gasteiger partial charge in [0.25, 0.3) is 0 Å². The lowest BCUT2D eigenvalue weighted by Crippen LogP contribution is -2.36. The van der Waals surface area contributed by atoms with Crippen LogP contribution in [-0.2, 0) is 24.3 Å². The first kappa shape index (κ1) is 19.6. The molecule has 0 spiro atoms. The molecule has 0 radical (unpaired) electrons. The van der Waals surface area contributed by atoms with E-state index in [1.54, 1.807) is 21.3 Å². The summed E-state index contributed by atoms with van der Waals surface area (Å²) in [4.78, 5) is 11.9. The van der Waals surface area contributed by atoms with E-state index >= 15 is 0 Å². The Kier molecular flexibility index (Phi) is 7.76. The molecule has 140 valence electrons. The average Bonchev–Trinajstić information content (AvgIpc) is 2.67. The summed E-state index contributed by atoms with van der Waals surface area (Å²) in [5, 5.41) is 5.71. The van der Waals surface area contributed by atoms with Gasteiger partial charge in [-0.2, -0.15) is 0 Å². The van der Waals surface area contributed by atoms with Crippen LogP contribution in [0.4, 0.5) is 4.79 Å². The molecule has 0 saturated heterocycles. The van der Waals surface area contributed by atoms with E-state index < -0.39 is 0 Å². The number of ether oxygens (including phenoxy) is 3. The lowest BCUT2D eigenvalue weighted by molar-refractivity contribution is 0.185. The second-order valence-corrected chi connectivity index (χ2v) is 5.80. The minimum Gasteiger partial charge on any atom is -0.493 e. The minimum atomic E-state index is -0.188. The molecule has 0 saturated carbocycles. The van der Waals surface area contributed by atoms with E-state index in [0.29, 0.717) is 37.6 Å². The molecule has 0 heterocycles. The molecule has 26 heavy (non-hydrogen) atoms. The van der Waals surface area contributed by atoms with Crippen LogP contribution in [0.25, 0.3) is 0 Å². The number of nitrogens with one attached hydrogen (secondary N) is 2. The third kappa shape index (κ3) is 5.97. The molecule has 6 heteroatoms. The topological polar surface area (TPSA) is 68.8 Å². The van der Waals surface area contributed by atoms with E-state index in [4.69, 9.17) is 14.2 Å². The van der Waals surface area contributed by atoms with Gasteiger partial charge in [0, 0.05) is 20.2 Å². The van der Waals surface area contributed by atoms with Gasteiger partial charge in [-0.1, -0.05) is 30.3 Å². The zero-order chi connectivity index (χ0) is 18.8. The smallest absolute Gasteiger partial charge is 0.315 e. The van der Waals surface area contributed by atoms with Gasteiger partial charge in [-0.3, -0.25) is 0 Å². The summed E-state index contributed by atoms with van der Waals surface area (Å²) in [6.45, 7) is 1.61. The molecular formula is C20H26N2O4. The Balaban J connectivity index is 1.73. The lowest BCUT2D eigenvalue weighted by Gasteiger charge is -2.11. The van der Waals surface area contributed by atoms with Crippen LogP contribution < -0.4 is 20.1 Å². The van der Waals surface area contributed by atoms with Gasteiger partial charge in [0.05, 0.1) is 20.8 Å². The molecule has 2 N–H and O–H groups in total. The zero-order valence-electron chi connectivity index (χ0n) is 15.5. The van der Waals surface area contributed by atoms with E-state index in [0.717, 1.165) is 16.7 Å². The summed E-state index contributed by atoms with van der Waals surface area (Å²) in [6, 6.07) is 13.5. The molecule has 6 nitrogen and oxygen atoms in total. The van der Waals surface area contributed by atoms with Gasteiger partial charge >= 0.3 is 6.03 Å². The van der Waals surface area contributed by atoms with Crippen LogP contribution in [0.1, 0.15) is 16.7 Å². The normalized spacial score (nSPS) is 10.3. The molecule has 0 bridgehead atoms. The van der Waals surface area contributed by atoms with Crippen molar-refractivity contribution in [1.29, 1.82) is 0 Å². The van der Waals surface area contributed by atoms with Crippen molar-refractivity contribution < 1.29 is 19.0 Å². The van der Waals surface area contributed by atoms with Crippen molar-refractivity contribution in [3.8, 4) is 11.5 Å². The summed E-state index contributed by atoms with van der Waals surface area (Å²) in [6.07, 6.45) is 0.708. The number of carbonyl (C=O) groups excluding carboxylic acids is 1. The van der Waals surface area contributed by atoms with Crippen molar-refractivity contribution in [2.45, 2.75) is 19.6 Å². The summed E-state index contributed by atoms with van der Waals surface area (Å²) < 4.78 is 15.6. The van der Waals surface area contributed by atoms with E-state index in [-0.39, 0.29) is 6.03 Å². The van der Waals surface area contributed by atoms with Gasteiger partial charge in [0.1, 0.15) is 0 Å². The van der Waals surface area contributed by atoms with Crippen LogP contribution in [-0.4, -0.2) is 33.9 Å². The minimum absolute atomic E-state index is 0.188. The van der Waals surface area contributed by atoms with Crippen molar-refractivity contribution in [2.24, 2.45) is 0 Å². The first-order valence-electron chi connectivity index (χ1n) is 8.45. The predicted molar refractivity (Wildman–Crippen MR) is 101 cm³/mol. The molecule has 0 aliphatic carbocycles. The summed E-state index contributed by atoms with van der Waals surface area (Å²) >= 11 is 0. The number of methoxy groups -OCH3 is 3. The molecule has 0 aliphatic rings. The molecule has 0 aromatic heterocycles. The largest absolute Gasteiger partial charge is 0.493 e. The number of carbonyl (C=O) groups is 1. The molecule has 2 rings (SSSR count). The number of amides is 2. The van der Waals surface area contributed by atoms with E-state index in [2.05, 4.69) is 10.6 Å². The fourth-order valence-corrected chi connectivity index (χ4v) is 2.52. The first-order valence-corrected chi connectivity index (χ1v) is 8.45. The summed E-state index contributed by atoms with van der Waals surface area (Å²) in [5.74, 6) is 1.38. The maximum absolute atomic E-state index is 11.9. The van der Waals surface area contributed by atoms with Crippen LogP contribution in [0.5, 0.6) is 11.5 Å². The van der Waals surface area contributed by atoms with Gasteiger partial charge in [-0.25, -0.2) is 4.79 Å². The second kappa shape index (κ2) is 10.3. The molecule has 0 atom stereocenters. The Hall–Kier alpha value is -2.73. The maximum Gasteiger partial charge on any atom is 0.315 e. The standard InChI is InChI=1S/C20H26N2O4/c1-24-14-17-6-4-16(5-7-17)13-22-20(23)21-11-10-15-8-9-18(25-2)19(12-15)26-3/h4-9,12H,10-11,13-14H2,1-3H3,(H2,21,22,23). The Morgan fingerprint density at radius 3 is 2.15 bits per heavy atom. The molecule has 0 unspecified atom stereocenters. The van der Waals surface area contributed by atoms with Crippen LogP contribution in [0, 0.1) is 0 Å². The van der Waals surface area contributed by atoms with Crippen molar-refractivity contribution in [3.05, 3.63) is 59.2 Å². The Bertz CT molecular complexity index is 701. The number of hydrogen-bond donors (Lipinski definition) is 2. The molecule has 2 amide bonds. The lowest BCUT2D eigenvalue weighted by atomic mass is 10.1. The average molecular weight is 358 g/mol. The van der Waals surface area contributed by atoms with Crippen molar-refractivity contribution in [3.63, 3.8) is 0 Å². The molecule has 0 fully saturated rings. The van der Waals surface area contributed by atoms with E-state index in [9.17, 15) is 4.79 Å². The molecule has 2 aromatic rings. The van der Waals surface area contributed by atoms with Crippen LogP contribution in [0.3, 0.4) is 0 Å². The fourth-order valence-electron chi connectivity index (χ4n) is 2.52. The number of hydrogen-bond acceptors (Lipinski definition) is 4. The Morgan fingerprint density at radius 2 is 1.50 bits per heavy atom. The monoisotopic (exact) mass is 358 g/mol. The highest BCUT2D eigenvalue weighted by Gasteiger charge is 2.05. The third-order valence-electron chi connectivity index (χ3n) is 3.93. The quantitative estimate of drug-likeness (QED) is 0.723. The predicted octanol–water partition coefficient (Wildman–Crippen LogP) is 2.89. The number of rotatable bonds is 9. The molecular weight excluding hydrogens is 332 g/mol. The van der Waals surface area contributed by atoms with Crippen molar-refractivity contribution >= 4 is 6.03 Å². The number of benzene rings is 2. The molecule has 0 aliphatic heterocycles. The maximum atomic E-state index is 11.9. The van der Waals surface area contributed by atoms with Crippen LogP contribution in [0.15, 0.2) is 42.5 Å². The third-order valence-corrected chi connectivity index (χ3v) is 3.93. The van der Waals surface area contributed by atoms with Crippen LogP contribution >= 0.6 is 0 Å². The van der Waals surface area contributed by atoms with E-state index in [1.165, 1.54) is 0 Å². The second-order valence-electron chi connectivity index (χ2n) is 5.80. The Labute approximate surface area is 154 Å². The van der Waals surface area contributed by atoms with Gasteiger partial charge in [0.15, 0.2) is 11.5 Å². The van der Waals surface area contributed by atoms with Crippen molar-refractivity contribution in [1.82, 2.24) is 10.6 Å². The van der Waals surface area contributed by atoms with Crippen molar-refractivity contribution in [2.75, 3.05) is 27.9 Å². The fraction of sp³-hybridized carbons (Fsp3) is 0.350. The highest BCUT2D eigenvalue weighted by molar-refractivity contribution is 5.73. The van der Waals surface area contributed by atoms with Gasteiger partial charge in [0.2, 0.25) is 0 Å². The number of urea groups is 1. The molecule has 2 aromatic carbocycles. The SMILES string of the molecule is COCc1ccc(CNC(=O)NCCc2ccc(OC)c(OC)c2)cc1. The van der Waals surface area contributed by atoms with Gasteiger partial charge < -0.3 is 24.8 Å².